The van der Waals surface area contributed by atoms with Gasteiger partial charge in [0.15, 0.2) is 11.6 Å². The van der Waals surface area contributed by atoms with Gasteiger partial charge in [0.05, 0.1) is 12.7 Å². The second kappa shape index (κ2) is 30.2. The van der Waals surface area contributed by atoms with Crippen molar-refractivity contribution in [1.82, 2.24) is 0 Å². The maximum atomic E-state index is 12.7. The van der Waals surface area contributed by atoms with Crippen LogP contribution in [0.2, 0.25) is 0 Å². The van der Waals surface area contributed by atoms with E-state index in [0.717, 1.165) is 38.5 Å². The Morgan fingerprint density at radius 2 is 0.667 bits per heavy atom. The fourth-order valence-corrected chi connectivity index (χ4v) is 5.49. The average molecular weight is 552 g/mol. The Hall–Kier alpha value is -0.740. The zero-order chi connectivity index (χ0) is 28.8. The van der Waals surface area contributed by atoms with Crippen LogP contribution < -0.4 is 0 Å². The summed E-state index contributed by atoms with van der Waals surface area (Å²) in [4.78, 5) is 25.4. The zero-order valence-electron chi connectivity index (χ0n) is 26.3. The fraction of sp³-hybridized carbons (Fsp3) is 0.914. The number of hydrogen-bond donors (Lipinski definition) is 2. The van der Waals surface area contributed by atoms with Crippen LogP contribution in [0, 0.1) is 5.92 Å². The van der Waals surface area contributed by atoms with Crippen LogP contribution in [0.4, 0.5) is 0 Å². The Balaban J connectivity index is 3.83. The van der Waals surface area contributed by atoms with E-state index in [4.69, 9.17) is 0 Å². The Labute approximate surface area is 243 Å². The van der Waals surface area contributed by atoms with Crippen molar-refractivity contribution in [3.63, 3.8) is 0 Å². The number of aliphatic hydroxyl groups excluding tert-OH is 2. The molecule has 0 saturated heterocycles. The molecule has 0 aromatic carbocycles. The second-order valence-electron chi connectivity index (χ2n) is 11.9. The van der Waals surface area contributed by atoms with Crippen molar-refractivity contribution in [2.75, 3.05) is 6.61 Å². The largest absolute Gasteiger partial charge is 0.394 e. The highest BCUT2D eigenvalue weighted by Gasteiger charge is 2.33. The molecule has 1 radical (unpaired) electrons. The molecule has 0 aliphatic carbocycles. The number of aliphatic hydroxyl groups is 2. The van der Waals surface area contributed by atoms with Gasteiger partial charge in [-0.1, -0.05) is 168 Å². The Kier molecular flexibility index (Phi) is 29.7. The van der Waals surface area contributed by atoms with E-state index in [1.807, 2.05) is 0 Å². The molecular formula is C35H67O4. The minimum Gasteiger partial charge on any atom is -0.394 e. The smallest absolute Gasteiger partial charge is 0.150 e. The molecule has 0 aliphatic heterocycles. The van der Waals surface area contributed by atoms with Crippen LogP contribution in [0.3, 0.4) is 0 Å². The van der Waals surface area contributed by atoms with Crippen molar-refractivity contribution in [3.05, 3.63) is 5.92 Å². The molecule has 1 atom stereocenters. The molecule has 0 heterocycles. The van der Waals surface area contributed by atoms with Gasteiger partial charge in [0.1, 0.15) is 5.92 Å². The van der Waals surface area contributed by atoms with E-state index in [2.05, 4.69) is 13.8 Å². The minimum absolute atomic E-state index is 0.0598. The van der Waals surface area contributed by atoms with Crippen LogP contribution in [-0.2, 0) is 9.59 Å². The van der Waals surface area contributed by atoms with Gasteiger partial charge in [-0.15, -0.1) is 0 Å². The van der Waals surface area contributed by atoms with Gasteiger partial charge in [-0.05, 0) is 12.8 Å². The van der Waals surface area contributed by atoms with E-state index in [0.29, 0.717) is 12.8 Å². The second-order valence-corrected chi connectivity index (χ2v) is 11.9. The summed E-state index contributed by atoms with van der Waals surface area (Å²) >= 11 is 0. The van der Waals surface area contributed by atoms with Gasteiger partial charge >= 0.3 is 0 Å². The third-order valence-corrected chi connectivity index (χ3v) is 8.12. The van der Waals surface area contributed by atoms with Gasteiger partial charge < -0.3 is 10.2 Å². The first kappa shape index (κ1) is 38.3. The monoisotopic (exact) mass is 552 g/mol. The summed E-state index contributed by atoms with van der Waals surface area (Å²) in [7, 11) is 0. The van der Waals surface area contributed by atoms with E-state index in [1.165, 1.54) is 128 Å². The minimum atomic E-state index is -1.34. The Morgan fingerprint density at radius 1 is 0.436 bits per heavy atom. The number of unbranched alkanes of at least 4 members (excludes halogenated alkanes) is 24. The van der Waals surface area contributed by atoms with E-state index < -0.39 is 12.7 Å². The fourth-order valence-electron chi connectivity index (χ4n) is 5.49. The molecule has 0 aromatic heterocycles. The summed E-state index contributed by atoms with van der Waals surface area (Å²) in [5.41, 5.74) is 0. The molecule has 39 heavy (non-hydrogen) atoms. The Morgan fingerprint density at radius 3 is 0.897 bits per heavy atom. The lowest BCUT2D eigenvalue weighted by molar-refractivity contribution is -0.127. The molecule has 0 aromatic rings. The zero-order valence-corrected chi connectivity index (χ0v) is 26.3. The van der Waals surface area contributed by atoms with Gasteiger partial charge in [0.2, 0.25) is 0 Å². The highest BCUT2D eigenvalue weighted by molar-refractivity contribution is 6.17. The van der Waals surface area contributed by atoms with Crippen molar-refractivity contribution < 1.29 is 19.8 Å². The van der Waals surface area contributed by atoms with Gasteiger partial charge in [-0.25, -0.2) is 0 Å². The van der Waals surface area contributed by atoms with Crippen molar-refractivity contribution in [1.29, 1.82) is 0 Å². The average Bonchev–Trinajstić information content (AvgIpc) is 2.93. The number of carbonyl (C=O) groups excluding carboxylic acids is 2. The number of rotatable bonds is 32. The number of Topliss-reactive ketones (excluding diaryl/α,β-unsaturated/α-hetero) is 2. The molecule has 0 bridgehead atoms. The molecule has 4 nitrogen and oxygen atoms in total. The van der Waals surface area contributed by atoms with E-state index in [9.17, 15) is 19.8 Å². The van der Waals surface area contributed by atoms with Crippen LogP contribution >= 0.6 is 0 Å². The van der Waals surface area contributed by atoms with Crippen LogP contribution in [0.5, 0.6) is 0 Å². The molecule has 1 unspecified atom stereocenters. The van der Waals surface area contributed by atoms with Gasteiger partial charge in [0.25, 0.3) is 0 Å². The first-order chi connectivity index (χ1) is 19.1. The quantitative estimate of drug-likeness (QED) is 0.0644. The third-order valence-electron chi connectivity index (χ3n) is 8.12. The number of carbonyl (C=O) groups is 2. The molecule has 0 fully saturated rings. The predicted molar refractivity (Wildman–Crippen MR) is 167 cm³/mol. The maximum Gasteiger partial charge on any atom is 0.150 e. The molecule has 2 N–H and O–H groups in total. The summed E-state index contributed by atoms with van der Waals surface area (Å²) < 4.78 is 0. The lowest BCUT2D eigenvalue weighted by atomic mass is 9.87. The lowest BCUT2D eigenvalue weighted by Gasteiger charge is -2.18. The number of ketones is 2. The van der Waals surface area contributed by atoms with Crippen LogP contribution in [0.25, 0.3) is 0 Å². The summed E-state index contributed by atoms with van der Waals surface area (Å²) in [5, 5.41) is 19.5. The van der Waals surface area contributed by atoms with Crippen molar-refractivity contribution in [2.24, 2.45) is 0 Å². The lowest BCUT2D eigenvalue weighted by Crippen LogP contribution is -2.35. The van der Waals surface area contributed by atoms with Crippen molar-refractivity contribution >= 4 is 11.6 Å². The van der Waals surface area contributed by atoms with Gasteiger partial charge in [0, 0.05) is 12.8 Å². The Bertz CT molecular complexity index is 491. The summed E-state index contributed by atoms with van der Waals surface area (Å²) in [5.74, 6) is -0.589. The van der Waals surface area contributed by atoms with Crippen LogP contribution in [0.1, 0.15) is 194 Å². The molecule has 4 heteroatoms. The molecule has 0 saturated carbocycles. The first-order valence-electron chi connectivity index (χ1n) is 17.3. The van der Waals surface area contributed by atoms with Crippen molar-refractivity contribution in [3.8, 4) is 0 Å². The molecule has 231 valence electrons. The standard InChI is InChI=1S/C35H67O4/c1-3-5-7-9-11-13-15-17-19-21-23-25-27-29-32(37)35(34(39)31-36)33(38)30-28-26-24-22-20-18-16-14-12-10-8-6-4-2/h34,36,39H,3-31H2,1-2H3. The maximum absolute atomic E-state index is 12.7. The van der Waals surface area contributed by atoms with Gasteiger partial charge in [-0.3, -0.25) is 9.59 Å². The molecule has 0 spiro atoms. The van der Waals surface area contributed by atoms with Crippen molar-refractivity contribution in [2.45, 2.75) is 200 Å². The number of hydrogen-bond acceptors (Lipinski definition) is 4. The van der Waals surface area contributed by atoms with Crippen LogP contribution in [-0.4, -0.2) is 34.5 Å². The highest BCUT2D eigenvalue weighted by atomic mass is 16.3. The third kappa shape index (κ3) is 24.8. The SMILES string of the molecule is CCCCCCCCCCCCCCCC(=O)[C](C(=O)CCCCCCCCCCCCCCC)C(O)CO. The van der Waals surface area contributed by atoms with E-state index in [-0.39, 0.29) is 17.5 Å². The topological polar surface area (TPSA) is 74.6 Å². The highest BCUT2D eigenvalue weighted by Crippen LogP contribution is 2.20. The normalized spacial score (nSPS) is 12.3. The van der Waals surface area contributed by atoms with E-state index >= 15 is 0 Å². The van der Waals surface area contributed by atoms with E-state index in [1.54, 1.807) is 0 Å². The summed E-state index contributed by atoms with van der Waals surface area (Å²) in [6, 6.07) is 0. The molecule has 0 rings (SSSR count). The van der Waals surface area contributed by atoms with Gasteiger partial charge in [-0.2, -0.15) is 0 Å². The summed E-state index contributed by atoms with van der Waals surface area (Å²) in [6.07, 6.45) is 31.6. The first-order valence-corrected chi connectivity index (χ1v) is 17.3. The molecule has 0 amide bonds. The summed E-state index contributed by atoms with van der Waals surface area (Å²) in [6.45, 7) is 3.95. The predicted octanol–water partition coefficient (Wildman–Crippen LogP) is 10.0. The van der Waals surface area contributed by atoms with Crippen LogP contribution in [0.15, 0.2) is 0 Å². The molecule has 0 aliphatic rings. The molecular weight excluding hydrogens is 484 g/mol.